The lowest BCUT2D eigenvalue weighted by atomic mass is 9.96. The van der Waals surface area contributed by atoms with Gasteiger partial charge in [-0.3, -0.25) is 4.79 Å². The first-order valence-electron chi connectivity index (χ1n) is 44.0. The third kappa shape index (κ3) is 47.1. The molecule has 17 atom stereocenters. The summed E-state index contributed by atoms with van der Waals surface area (Å²) in [6.07, 6.45) is 62.2. The van der Waals surface area contributed by atoms with E-state index in [0.717, 1.165) is 70.6 Å². The summed E-state index contributed by atoms with van der Waals surface area (Å²) in [6, 6.07) is -0.975. The monoisotopic (exact) mass is 1520 g/mol. The minimum atomic E-state index is -1.98. The minimum Gasteiger partial charge on any atom is -0.394 e. The van der Waals surface area contributed by atoms with Crippen LogP contribution in [0.3, 0.4) is 0 Å². The molecule has 19 heteroatoms. The highest BCUT2D eigenvalue weighted by Crippen LogP contribution is 2.33. The molecule has 0 aromatic heterocycles. The second-order valence-corrected chi connectivity index (χ2v) is 31.3. The van der Waals surface area contributed by atoms with Crippen LogP contribution in [0.25, 0.3) is 0 Å². The summed E-state index contributed by atoms with van der Waals surface area (Å²) in [5.41, 5.74) is 0. The molecule has 17 unspecified atom stereocenters. The molecular weight excluding hydrogens is 1360 g/mol. The number of rotatable bonds is 71. The summed E-state index contributed by atoms with van der Waals surface area (Å²) in [5.74, 6) is -0.269. The smallest absolute Gasteiger partial charge is 0.220 e. The predicted octanol–water partition coefficient (Wildman–Crippen LogP) is 16.2. The number of carbonyl (C=O) groups is 1. The number of allylic oxidation sites excluding steroid dienone is 9. The molecule has 0 bridgehead atoms. The van der Waals surface area contributed by atoms with Crippen LogP contribution in [0.1, 0.15) is 361 Å². The van der Waals surface area contributed by atoms with E-state index in [2.05, 4.69) is 67.8 Å². The highest BCUT2D eigenvalue weighted by Gasteiger charge is 2.54. The fourth-order valence-electron chi connectivity index (χ4n) is 14.8. The van der Waals surface area contributed by atoms with Crippen molar-refractivity contribution in [1.82, 2.24) is 5.32 Å². The van der Waals surface area contributed by atoms with Crippen LogP contribution in [0.15, 0.2) is 60.8 Å². The fraction of sp³-hybridized carbons (Fsp3) is 0.875. The highest BCUT2D eigenvalue weighted by atomic mass is 16.8. The van der Waals surface area contributed by atoms with E-state index >= 15 is 0 Å². The van der Waals surface area contributed by atoms with E-state index in [1.165, 1.54) is 263 Å². The number of amides is 1. The number of ether oxygens (including phenoxy) is 6. The van der Waals surface area contributed by atoms with Gasteiger partial charge in [0.1, 0.15) is 73.2 Å². The van der Waals surface area contributed by atoms with Crippen LogP contribution in [0.5, 0.6) is 0 Å². The fourth-order valence-corrected chi connectivity index (χ4v) is 14.8. The van der Waals surface area contributed by atoms with Gasteiger partial charge in [0, 0.05) is 6.42 Å². The lowest BCUT2D eigenvalue weighted by molar-refractivity contribution is -0.379. The van der Waals surface area contributed by atoms with Crippen LogP contribution in [0.2, 0.25) is 0 Å². The van der Waals surface area contributed by atoms with Gasteiger partial charge in [0.05, 0.1) is 38.6 Å². The van der Waals surface area contributed by atoms with Crippen LogP contribution in [-0.2, 0) is 33.2 Å². The average molecular weight is 1520 g/mol. The lowest BCUT2D eigenvalue weighted by Crippen LogP contribution is -2.66. The van der Waals surface area contributed by atoms with Crippen molar-refractivity contribution >= 4 is 5.91 Å². The van der Waals surface area contributed by atoms with Gasteiger partial charge in [-0.05, 0) is 57.8 Å². The normalized spacial score (nSPS) is 25.8. The van der Waals surface area contributed by atoms with Gasteiger partial charge < -0.3 is 89.9 Å². The molecule has 0 aromatic carbocycles. The number of hydrogen-bond acceptors (Lipinski definition) is 18. The van der Waals surface area contributed by atoms with E-state index in [1.807, 2.05) is 6.08 Å². The molecule has 1 amide bonds. The zero-order chi connectivity index (χ0) is 77.4. The van der Waals surface area contributed by atoms with Gasteiger partial charge in [-0.2, -0.15) is 0 Å². The molecule has 3 heterocycles. The first-order valence-corrected chi connectivity index (χ1v) is 44.0. The molecular formula is C88H161NO18. The molecule has 107 heavy (non-hydrogen) atoms. The first-order chi connectivity index (χ1) is 52.3. The highest BCUT2D eigenvalue weighted by molar-refractivity contribution is 5.76. The Morgan fingerprint density at radius 3 is 1.01 bits per heavy atom. The summed E-state index contributed by atoms with van der Waals surface area (Å²) in [4.78, 5) is 13.5. The SMILES string of the molecule is CC/C=C\C/C=C\C/C=C\C/C=C\CCCCCCCCCCCCCCCCCCCCCCCCC(=O)NC(COC1OC(CO)C(OC2OC(CO)C(OC3OC(CO)C(O)C(O)C3O)C(O)C2O)C(O)C1O)C(O)/C=C/CCCCCCCCCCCCCCCCCCCCCCCCCCC. The van der Waals surface area contributed by atoms with Crippen LogP contribution < -0.4 is 5.32 Å². The maximum Gasteiger partial charge on any atom is 0.220 e. The Morgan fingerprint density at radius 1 is 0.346 bits per heavy atom. The molecule has 0 spiro atoms. The van der Waals surface area contributed by atoms with Gasteiger partial charge in [-0.15, -0.1) is 0 Å². The first kappa shape index (κ1) is 98.7. The second kappa shape index (κ2) is 67.9. The Labute approximate surface area is 649 Å². The molecule has 19 nitrogen and oxygen atoms in total. The molecule has 3 rings (SSSR count). The van der Waals surface area contributed by atoms with Gasteiger partial charge in [0.15, 0.2) is 18.9 Å². The second-order valence-electron chi connectivity index (χ2n) is 31.3. The van der Waals surface area contributed by atoms with Crippen molar-refractivity contribution in [2.24, 2.45) is 0 Å². The summed E-state index contributed by atoms with van der Waals surface area (Å²) < 4.78 is 34.5. The van der Waals surface area contributed by atoms with Gasteiger partial charge in [-0.1, -0.05) is 357 Å². The van der Waals surface area contributed by atoms with Crippen LogP contribution in [0.4, 0.5) is 0 Å². The van der Waals surface area contributed by atoms with Crippen LogP contribution >= 0.6 is 0 Å². The molecule has 3 aliphatic rings. The number of aliphatic hydroxyl groups excluding tert-OH is 11. The van der Waals surface area contributed by atoms with Crippen molar-refractivity contribution in [1.29, 1.82) is 0 Å². The van der Waals surface area contributed by atoms with E-state index in [4.69, 9.17) is 28.4 Å². The van der Waals surface area contributed by atoms with Crippen molar-refractivity contribution in [3.05, 3.63) is 60.8 Å². The van der Waals surface area contributed by atoms with Gasteiger partial charge >= 0.3 is 0 Å². The number of hydrogen-bond donors (Lipinski definition) is 12. The third-order valence-electron chi connectivity index (χ3n) is 21.8. The van der Waals surface area contributed by atoms with E-state index in [0.29, 0.717) is 6.42 Å². The van der Waals surface area contributed by atoms with Crippen molar-refractivity contribution in [2.75, 3.05) is 26.4 Å². The van der Waals surface area contributed by atoms with Crippen LogP contribution in [-0.4, -0.2) is 193 Å². The Balaban J connectivity index is 1.33. The van der Waals surface area contributed by atoms with E-state index < -0.39 is 124 Å². The Morgan fingerprint density at radius 2 is 0.645 bits per heavy atom. The number of nitrogens with one attached hydrogen (secondary N) is 1. The molecule has 0 aliphatic carbocycles. The predicted molar refractivity (Wildman–Crippen MR) is 429 cm³/mol. The molecule has 3 saturated heterocycles. The van der Waals surface area contributed by atoms with Gasteiger partial charge in [-0.25, -0.2) is 0 Å². The van der Waals surface area contributed by atoms with Crippen LogP contribution in [0, 0.1) is 0 Å². The standard InChI is InChI=1S/C88H161NO18/c1-3-5-7-9-11-13-15-17-19-21-23-25-27-29-31-32-33-34-35-36-37-38-40-42-44-46-48-50-52-54-56-58-60-62-64-66-76(94)89-71(72(93)65-63-61-59-57-55-53-51-49-47-45-43-41-39-30-28-26-24-22-20-18-16-14-12-10-8-6-4-2)70-102-86-82(100)79(97)84(74(68-91)104-86)107-88-83(101)80(98)85(75(69-92)105-88)106-87-81(99)78(96)77(95)73(67-90)103-87/h5,7,11,13,17,19,23,25,63,65,71-75,77-88,90-93,95-101H,3-4,6,8-10,12,14-16,18,20-22,24,26-62,64,66-70H2,1-2H3,(H,89,94)/b7-5-,13-11-,19-17-,25-23-,65-63+. The molecule has 0 aromatic rings. The van der Waals surface area contributed by atoms with Crippen molar-refractivity contribution in [2.45, 2.75) is 465 Å². The molecule has 0 radical (unpaired) electrons. The maximum atomic E-state index is 13.5. The van der Waals surface area contributed by atoms with Crippen molar-refractivity contribution < 1.29 is 89.4 Å². The topological polar surface area (TPSA) is 307 Å². The number of unbranched alkanes of at least 4 members (excludes halogenated alkanes) is 47. The molecule has 12 N–H and O–H groups in total. The summed E-state index contributed by atoms with van der Waals surface area (Å²) >= 11 is 0. The van der Waals surface area contributed by atoms with E-state index in [1.54, 1.807) is 6.08 Å². The zero-order valence-corrected chi connectivity index (χ0v) is 67.4. The Hall–Kier alpha value is -2.51. The Bertz CT molecular complexity index is 2160. The largest absolute Gasteiger partial charge is 0.394 e. The zero-order valence-electron chi connectivity index (χ0n) is 67.4. The van der Waals surface area contributed by atoms with E-state index in [9.17, 15) is 61.0 Å². The van der Waals surface area contributed by atoms with Crippen molar-refractivity contribution in [3.8, 4) is 0 Å². The quantitative estimate of drug-likeness (QED) is 0.0199. The molecule has 626 valence electrons. The lowest BCUT2D eigenvalue weighted by Gasteiger charge is -2.48. The average Bonchev–Trinajstić information content (AvgIpc) is 0.781. The third-order valence-corrected chi connectivity index (χ3v) is 21.8. The Kier molecular flexibility index (Phi) is 62.7. The summed E-state index contributed by atoms with van der Waals surface area (Å²) in [6.45, 7) is 1.68. The van der Waals surface area contributed by atoms with Crippen molar-refractivity contribution in [3.63, 3.8) is 0 Å². The van der Waals surface area contributed by atoms with Gasteiger partial charge in [0.2, 0.25) is 5.91 Å². The molecule has 3 fully saturated rings. The summed E-state index contributed by atoms with van der Waals surface area (Å²) in [7, 11) is 0. The maximum absolute atomic E-state index is 13.5. The summed E-state index contributed by atoms with van der Waals surface area (Å²) in [5, 5.41) is 121. The molecule has 3 aliphatic heterocycles. The number of aliphatic hydroxyl groups is 11. The van der Waals surface area contributed by atoms with Gasteiger partial charge in [0.25, 0.3) is 0 Å². The molecule has 0 saturated carbocycles. The number of carbonyl (C=O) groups excluding carboxylic acids is 1. The van der Waals surface area contributed by atoms with E-state index in [-0.39, 0.29) is 18.9 Å². The minimum absolute atomic E-state index is 0.246.